The SMILES string of the molecule is C=C(C)C(=O)[O-].CC(O)CCl.C[NH+](C)C. The summed E-state index contributed by atoms with van der Waals surface area (Å²) in [7, 11) is 6.25. The van der Waals surface area contributed by atoms with E-state index in [0.29, 0.717) is 5.88 Å². The van der Waals surface area contributed by atoms with Gasteiger partial charge in [0, 0.05) is 5.88 Å². The van der Waals surface area contributed by atoms with Crippen LogP contribution < -0.4 is 10.0 Å². The fourth-order valence-electron chi connectivity index (χ4n) is 0. The number of hydrogen-bond acceptors (Lipinski definition) is 3. The van der Waals surface area contributed by atoms with Crippen LogP contribution in [0.3, 0.4) is 0 Å². The van der Waals surface area contributed by atoms with Crippen LogP contribution in [0.15, 0.2) is 12.2 Å². The van der Waals surface area contributed by atoms with Crippen molar-refractivity contribution in [2.75, 3.05) is 27.0 Å². The average Bonchev–Trinajstić information content (AvgIpc) is 2.04. The molecule has 0 saturated heterocycles. The van der Waals surface area contributed by atoms with Crippen molar-refractivity contribution in [1.82, 2.24) is 0 Å². The van der Waals surface area contributed by atoms with Crippen LogP contribution >= 0.6 is 11.6 Å². The quantitative estimate of drug-likeness (QED) is 0.464. The van der Waals surface area contributed by atoms with Crippen molar-refractivity contribution < 1.29 is 19.9 Å². The fourth-order valence-corrected chi connectivity index (χ4v) is 0. The molecule has 0 radical (unpaired) electrons. The highest BCUT2D eigenvalue weighted by Gasteiger charge is 1.84. The van der Waals surface area contributed by atoms with Crippen LogP contribution in [0.2, 0.25) is 0 Å². The lowest BCUT2D eigenvalue weighted by molar-refractivity contribution is -0.836. The predicted octanol–water partition coefficient (Wildman–Crippen LogP) is -1.32. The maximum Gasteiger partial charge on any atom is 0.0666 e. The van der Waals surface area contributed by atoms with Gasteiger partial charge in [-0.2, -0.15) is 0 Å². The number of alkyl halides is 1. The van der Waals surface area contributed by atoms with E-state index < -0.39 is 5.97 Å². The zero-order chi connectivity index (χ0) is 13.0. The van der Waals surface area contributed by atoms with Crippen LogP contribution in [0.1, 0.15) is 13.8 Å². The zero-order valence-corrected chi connectivity index (χ0v) is 10.9. The third-order valence-electron chi connectivity index (χ3n) is 0.572. The van der Waals surface area contributed by atoms with E-state index in [0.717, 1.165) is 0 Å². The first-order valence-electron chi connectivity index (χ1n) is 4.52. The average molecular weight is 240 g/mol. The van der Waals surface area contributed by atoms with E-state index in [-0.39, 0.29) is 11.7 Å². The van der Waals surface area contributed by atoms with Gasteiger partial charge in [-0.15, -0.1) is 11.6 Å². The molecule has 1 atom stereocenters. The van der Waals surface area contributed by atoms with Crippen LogP contribution in [0.5, 0.6) is 0 Å². The van der Waals surface area contributed by atoms with Crippen molar-refractivity contribution in [1.29, 1.82) is 0 Å². The Hall–Kier alpha value is -0.580. The lowest BCUT2D eigenvalue weighted by Gasteiger charge is -1.93. The van der Waals surface area contributed by atoms with Gasteiger partial charge in [-0.3, -0.25) is 0 Å². The fraction of sp³-hybridized carbons (Fsp3) is 0.700. The zero-order valence-electron chi connectivity index (χ0n) is 10.1. The molecule has 4 nitrogen and oxygen atoms in total. The van der Waals surface area contributed by atoms with Crippen molar-refractivity contribution in [2.24, 2.45) is 0 Å². The first-order chi connectivity index (χ1) is 6.64. The number of halogens is 1. The van der Waals surface area contributed by atoms with Crippen molar-refractivity contribution in [2.45, 2.75) is 20.0 Å². The summed E-state index contributed by atoms with van der Waals surface area (Å²) < 4.78 is 0. The minimum Gasteiger partial charge on any atom is -0.545 e. The second-order valence-corrected chi connectivity index (χ2v) is 3.88. The molecule has 0 amide bonds. The number of rotatable bonds is 2. The molecule has 0 aromatic carbocycles. The number of carbonyl (C=O) groups is 1. The Kier molecular flexibility index (Phi) is 17.8. The Morgan fingerprint density at radius 2 is 1.67 bits per heavy atom. The van der Waals surface area contributed by atoms with Crippen LogP contribution in [0.25, 0.3) is 0 Å². The number of aliphatic hydroxyl groups excluding tert-OH is 1. The topological polar surface area (TPSA) is 64.8 Å². The van der Waals surface area contributed by atoms with Crippen LogP contribution in [-0.4, -0.2) is 44.2 Å². The molecule has 0 saturated carbocycles. The largest absolute Gasteiger partial charge is 0.545 e. The lowest BCUT2D eigenvalue weighted by atomic mass is 10.4. The summed E-state index contributed by atoms with van der Waals surface area (Å²) in [4.78, 5) is 10.9. The van der Waals surface area contributed by atoms with E-state index in [9.17, 15) is 9.90 Å². The van der Waals surface area contributed by atoms with Gasteiger partial charge in [0.1, 0.15) is 0 Å². The molecule has 15 heavy (non-hydrogen) atoms. The number of aliphatic carboxylic acids is 1. The normalized spacial score (nSPS) is 10.4. The summed E-state index contributed by atoms with van der Waals surface area (Å²) >= 11 is 5.09. The van der Waals surface area contributed by atoms with E-state index in [4.69, 9.17) is 16.7 Å². The van der Waals surface area contributed by atoms with Crippen LogP contribution in [0, 0.1) is 0 Å². The molecule has 0 aromatic rings. The molecule has 5 heteroatoms. The minimum absolute atomic E-state index is 0.0648. The second-order valence-electron chi connectivity index (χ2n) is 3.57. The van der Waals surface area contributed by atoms with E-state index in [2.05, 4.69) is 27.7 Å². The Balaban J connectivity index is -0.000000147. The molecular formula is C10H22ClNO3. The van der Waals surface area contributed by atoms with Gasteiger partial charge in [0.05, 0.1) is 33.2 Å². The van der Waals surface area contributed by atoms with E-state index >= 15 is 0 Å². The molecule has 0 aliphatic carbocycles. The molecule has 0 fully saturated rings. The summed E-state index contributed by atoms with van der Waals surface area (Å²) in [6, 6.07) is 0. The lowest BCUT2D eigenvalue weighted by Crippen LogP contribution is -3.02. The maximum absolute atomic E-state index is 9.49. The molecule has 2 N–H and O–H groups in total. The first kappa shape index (κ1) is 19.9. The predicted molar refractivity (Wildman–Crippen MR) is 61.0 cm³/mol. The molecule has 0 spiro atoms. The van der Waals surface area contributed by atoms with Gasteiger partial charge in [-0.1, -0.05) is 6.58 Å². The van der Waals surface area contributed by atoms with Gasteiger partial charge < -0.3 is 19.9 Å². The highest BCUT2D eigenvalue weighted by Crippen LogP contribution is 1.80. The van der Waals surface area contributed by atoms with Gasteiger partial charge in [-0.25, -0.2) is 0 Å². The highest BCUT2D eigenvalue weighted by molar-refractivity contribution is 6.18. The highest BCUT2D eigenvalue weighted by atomic mass is 35.5. The number of carboxylic acids is 1. The number of carboxylic acid groups (broad SMARTS) is 1. The summed E-state index contributed by atoms with van der Waals surface area (Å²) in [5.41, 5.74) is 0.0648. The van der Waals surface area contributed by atoms with Gasteiger partial charge >= 0.3 is 0 Å². The summed E-state index contributed by atoms with van der Waals surface area (Å²) in [6.07, 6.45) is -0.350. The molecule has 1 unspecified atom stereocenters. The Bertz CT molecular complexity index is 155. The Morgan fingerprint density at radius 1 is 1.53 bits per heavy atom. The molecule has 0 aliphatic heterocycles. The van der Waals surface area contributed by atoms with Gasteiger partial charge in [0.25, 0.3) is 0 Å². The molecule has 0 heterocycles. The summed E-state index contributed by atoms with van der Waals surface area (Å²) in [5, 5.41) is 17.7. The third kappa shape index (κ3) is 59.6. The molecule has 0 bridgehead atoms. The van der Waals surface area contributed by atoms with Crippen molar-refractivity contribution in [3.63, 3.8) is 0 Å². The standard InChI is InChI=1S/C4H6O2.C3H7ClO.C3H9N/c1-3(2)4(5)6;1-3(5)2-4;1-4(2)3/h1H2,2H3,(H,5,6);3,5H,2H2,1H3;1-3H3. The van der Waals surface area contributed by atoms with Crippen molar-refractivity contribution in [3.8, 4) is 0 Å². The minimum atomic E-state index is -1.19. The molecule has 0 aromatic heterocycles. The number of nitrogens with one attached hydrogen (secondary N) is 1. The smallest absolute Gasteiger partial charge is 0.0666 e. The van der Waals surface area contributed by atoms with Gasteiger partial charge in [-0.05, 0) is 19.4 Å². The van der Waals surface area contributed by atoms with Gasteiger partial charge in [0.2, 0.25) is 0 Å². The first-order valence-corrected chi connectivity index (χ1v) is 5.06. The van der Waals surface area contributed by atoms with E-state index in [1.165, 1.54) is 11.8 Å². The number of carbonyl (C=O) groups excluding carboxylic acids is 1. The second kappa shape index (κ2) is 13.4. The third-order valence-corrected chi connectivity index (χ3v) is 1.02. The number of hydrogen-bond donors (Lipinski definition) is 2. The van der Waals surface area contributed by atoms with Crippen molar-refractivity contribution in [3.05, 3.63) is 12.2 Å². The number of aliphatic hydroxyl groups is 1. The number of quaternary nitrogens is 1. The van der Waals surface area contributed by atoms with Gasteiger partial charge in [0.15, 0.2) is 0 Å². The Labute approximate surface area is 97.2 Å². The van der Waals surface area contributed by atoms with Crippen LogP contribution in [0.4, 0.5) is 0 Å². The maximum atomic E-state index is 9.49. The van der Waals surface area contributed by atoms with E-state index in [1.54, 1.807) is 6.92 Å². The Morgan fingerprint density at radius 3 is 1.67 bits per heavy atom. The van der Waals surface area contributed by atoms with E-state index in [1.807, 2.05) is 0 Å². The summed E-state index contributed by atoms with van der Waals surface area (Å²) in [6.45, 7) is 6.12. The van der Waals surface area contributed by atoms with Crippen LogP contribution in [-0.2, 0) is 4.79 Å². The van der Waals surface area contributed by atoms with Crippen molar-refractivity contribution >= 4 is 17.6 Å². The molecular weight excluding hydrogens is 218 g/mol. The molecule has 0 rings (SSSR count). The molecule has 92 valence electrons. The monoisotopic (exact) mass is 239 g/mol. The molecule has 0 aliphatic rings. The summed E-state index contributed by atoms with van der Waals surface area (Å²) in [5.74, 6) is -0.852.